The first-order valence-electron chi connectivity index (χ1n) is 7.49. The van der Waals surface area contributed by atoms with Crippen LogP contribution in [0.4, 0.5) is 21.9 Å². The third-order valence-corrected chi connectivity index (χ3v) is 4.11. The number of hydrogen-bond donors (Lipinski definition) is 4. The molecule has 1 heterocycles. The molecule has 0 aromatic heterocycles. The molecule has 0 fully saturated rings. The standard InChI is InChI=1S/C17H16N4O4/c18-14-10(15(19)22)5-3-6-11(14)20-16(23)13-8-9-4-1-2-7-12(9)21(13)17(24)25/h1-7,13H,8,18H2,(H2,19,22)(H,20,23)(H,24,25). The summed E-state index contributed by atoms with van der Waals surface area (Å²) in [6, 6.07) is 10.5. The molecule has 3 amide bonds. The average Bonchev–Trinajstić information content (AvgIpc) is 2.96. The molecule has 1 aliphatic rings. The van der Waals surface area contributed by atoms with Crippen molar-refractivity contribution in [2.24, 2.45) is 5.73 Å². The molecule has 0 radical (unpaired) electrons. The molecular weight excluding hydrogens is 324 g/mol. The lowest BCUT2D eigenvalue weighted by Gasteiger charge is -2.22. The van der Waals surface area contributed by atoms with E-state index in [1.165, 1.54) is 18.2 Å². The maximum absolute atomic E-state index is 12.6. The van der Waals surface area contributed by atoms with Gasteiger partial charge in [0.05, 0.1) is 22.6 Å². The number of carbonyl (C=O) groups is 3. The molecule has 1 unspecified atom stereocenters. The molecule has 0 bridgehead atoms. The lowest BCUT2D eigenvalue weighted by atomic mass is 10.1. The predicted molar refractivity (Wildman–Crippen MR) is 92.4 cm³/mol. The van der Waals surface area contributed by atoms with E-state index in [4.69, 9.17) is 11.5 Å². The minimum absolute atomic E-state index is 0.0423. The highest BCUT2D eigenvalue weighted by molar-refractivity contribution is 6.08. The number of nitrogens with one attached hydrogen (secondary N) is 1. The van der Waals surface area contributed by atoms with E-state index in [1.54, 1.807) is 24.3 Å². The first kappa shape index (κ1) is 16.3. The van der Waals surface area contributed by atoms with Crippen molar-refractivity contribution in [1.82, 2.24) is 0 Å². The van der Waals surface area contributed by atoms with Crippen LogP contribution >= 0.6 is 0 Å². The van der Waals surface area contributed by atoms with E-state index in [9.17, 15) is 19.5 Å². The molecule has 1 atom stereocenters. The SMILES string of the molecule is NC(=O)c1cccc(NC(=O)C2Cc3ccccc3N2C(=O)O)c1N. The second-order valence-corrected chi connectivity index (χ2v) is 5.62. The molecule has 6 N–H and O–H groups in total. The third-order valence-electron chi connectivity index (χ3n) is 4.11. The fourth-order valence-corrected chi connectivity index (χ4v) is 2.94. The average molecular weight is 340 g/mol. The fourth-order valence-electron chi connectivity index (χ4n) is 2.94. The van der Waals surface area contributed by atoms with Crippen LogP contribution in [-0.4, -0.2) is 29.1 Å². The number of rotatable bonds is 3. The molecule has 8 nitrogen and oxygen atoms in total. The fraction of sp³-hybridized carbons (Fsp3) is 0.118. The summed E-state index contributed by atoms with van der Waals surface area (Å²) in [5.41, 5.74) is 12.7. The number of benzene rings is 2. The highest BCUT2D eigenvalue weighted by atomic mass is 16.4. The summed E-state index contributed by atoms with van der Waals surface area (Å²) in [5.74, 6) is -1.25. The lowest BCUT2D eigenvalue weighted by molar-refractivity contribution is -0.117. The van der Waals surface area contributed by atoms with Crippen molar-refractivity contribution in [3.8, 4) is 0 Å². The number of amides is 3. The van der Waals surface area contributed by atoms with Gasteiger partial charge in [0.15, 0.2) is 0 Å². The molecule has 128 valence electrons. The Kier molecular flexibility index (Phi) is 4.02. The van der Waals surface area contributed by atoms with Crippen LogP contribution < -0.4 is 21.7 Å². The van der Waals surface area contributed by atoms with Crippen LogP contribution in [0.2, 0.25) is 0 Å². The smallest absolute Gasteiger partial charge is 0.412 e. The Morgan fingerprint density at radius 2 is 1.84 bits per heavy atom. The van der Waals surface area contributed by atoms with Gasteiger partial charge >= 0.3 is 6.09 Å². The highest BCUT2D eigenvalue weighted by Gasteiger charge is 2.38. The van der Waals surface area contributed by atoms with Crippen molar-refractivity contribution in [2.45, 2.75) is 12.5 Å². The van der Waals surface area contributed by atoms with Crippen molar-refractivity contribution in [2.75, 3.05) is 16.0 Å². The van der Waals surface area contributed by atoms with E-state index in [0.29, 0.717) is 5.69 Å². The highest BCUT2D eigenvalue weighted by Crippen LogP contribution is 2.33. The summed E-state index contributed by atoms with van der Waals surface area (Å²) >= 11 is 0. The van der Waals surface area contributed by atoms with Gasteiger partial charge in [0, 0.05) is 6.42 Å². The van der Waals surface area contributed by atoms with E-state index >= 15 is 0 Å². The molecule has 3 rings (SSSR count). The number of anilines is 3. The van der Waals surface area contributed by atoms with E-state index < -0.39 is 23.9 Å². The van der Waals surface area contributed by atoms with Crippen molar-refractivity contribution < 1.29 is 19.5 Å². The number of fused-ring (bicyclic) bond motifs is 1. The Bertz CT molecular complexity index is 881. The summed E-state index contributed by atoms with van der Waals surface area (Å²) in [5, 5.41) is 12.1. The van der Waals surface area contributed by atoms with Crippen LogP contribution in [-0.2, 0) is 11.2 Å². The van der Waals surface area contributed by atoms with Crippen molar-refractivity contribution in [3.05, 3.63) is 53.6 Å². The summed E-state index contributed by atoms with van der Waals surface area (Å²) in [6.07, 6.45) is -0.965. The Morgan fingerprint density at radius 1 is 1.12 bits per heavy atom. The van der Waals surface area contributed by atoms with Crippen LogP contribution in [0, 0.1) is 0 Å². The predicted octanol–water partition coefficient (Wildman–Crippen LogP) is 1.42. The number of para-hydroxylation sites is 2. The first-order valence-corrected chi connectivity index (χ1v) is 7.49. The molecule has 25 heavy (non-hydrogen) atoms. The van der Waals surface area contributed by atoms with Gasteiger partial charge in [0.25, 0.3) is 5.91 Å². The Hall–Kier alpha value is -3.55. The minimum atomic E-state index is -1.22. The molecule has 0 saturated heterocycles. The van der Waals surface area contributed by atoms with Gasteiger partial charge < -0.3 is 21.9 Å². The normalized spacial score (nSPS) is 15.5. The molecule has 0 saturated carbocycles. The largest absolute Gasteiger partial charge is 0.465 e. The molecule has 8 heteroatoms. The van der Waals surface area contributed by atoms with Crippen LogP contribution in [0.5, 0.6) is 0 Å². The van der Waals surface area contributed by atoms with Gasteiger partial charge in [0.2, 0.25) is 5.91 Å². The van der Waals surface area contributed by atoms with Gasteiger partial charge in [-0.05, 0) is 23.8 Å². The Balaban J connectivity index is 1.89. The topological polar surface area (TPSA) is 139 Å². The van der Waals surface area contributed by atoms with Crippen LogP contribution in [0.15, 0.2) is 42.5 Å². The van der Waals surface area contributed by atoms with Gasteiger partial charge in [-0.25, -0.2) is 4.79 Å². The quantitative estimate of drug-likeness (QED) is 0.626. The maximum Gasteiger partial charge on any atom is 0.412 e. The Morgan fingerprint density at radius 3 is 2.52 bits per heavy atom. The summed E-state index contributed by atoms with van der Waals surface area (Å²) in [7, 11) is 0. The zero-order valence-corrected chi connectivity index (χ0v) is 13.1. The number of nitrogens with zero attached hydrogens (tertiary/aromatic N) is 1. The van der Waals surface area contributed by atoms with Crippen LogP contribution in [0.25, 0.3) is 0 Å². The maximum atomic E-state index is 12.6. The number of nitrogens with two attached hydrogens (primary N) is 2. The second-order valence-electron chi connectivity index (χ2n) is 5.62. The van der Waals surface area contributed by atoms with Gasteiger partial charge in [-0.15, -0.1) is 0 Å². The Labute approximate surface area is 143 Å². The van der Waals surface area contributed by atoms with E-state index in [-0.39, 0.29) is 23.4 Å². The molecular formula is C17H16N4O4. The number of primary amides is 1. The van der Waals surface area contributed by atoms with E-state index in [2.05, 4.69) is 5.32 Å². The number of nitrogen functional groups attached to an aromatic ring is 1. The van der Waals surface area contributed by atoms with Gasteiger partial charge in [-0.2, -0.15) is 0 Å². The summed E-state index contributed by atoms with van der Waals surface area (Å²) in [4.78, 5) is 36.6. The summed E-state index contributed by atoms with van der Waals surface area (Å²) < 4.78 is 0. The zero-order chi connectivity index (χ0) is 18.1. The van der Waals surface area contributed by atoms with Gasteiger partial charge in [-0.1, -0.05) is 24.3 Å². The molecule has 1 aliphatic heterocycles. The van der Waals surface area contributed by atoms with Crippen molar-refractivity contribution in [1.29, 1.82) is 0 Å². The van der Waals surface area contributed by atoms with E-state index in [0.717, 1.165) is 10.5 Å². The second kappa shape index (κ2) is 6.16. The molecule has 2 aromatic carbocycles. The monoisotopic (exact) mass is 340 g/mol. The number of carboxylic acid groups (broad SMARTS) is 1. The first-order chi connectivity index (χ1) is 11.9. The van der Waals surface area contributed by atoms with Crippen LogP contribution in [0.1, 0.15) is 15.9 Å². The minimum Gasteiger partial charge on any atom is -0.465 e. The lowest BCUT2D eigenvalue weighted by Crippen LogP contribution is -2.45. The van der Waals surface area contributed by atoms with Crippen LogP contribution in [0.3, 0.4) is 0 Å². The van der Waals surface area contributed by atoms with Gasteiger partial charge in [-0.3, -0.25) is 14.5 Å². The van der Waals surface area contributed by atoms with E-state index in [1.807, 2.05) is 0 Å². The zero-order valence-electron chi connectivity index (χ0n) is 13.1. The molecule has 0 spiro atoms. The van der Waals surface area contributed by atoms with Crippen molar-refractivity contribution >= 4 is 35.0 Å². The molecule has 0 aliphatic carbocycles. The molecule has 2 aromatic rings. The third kappa shape index (κ3) is 2.85. The number of hydrogen-bond acceptors (Lipinski definition) is 4. The summed E-state index contributed by atoms with van der Waals surface area (Å²) in [6.45, 7) is 0. The van der Waals surface area contributed by atoms with Gasteiger partial charge in [0.1, 0.15) is 6.04 Å². The van der Waals surface area contributed by atoms with Crippen molar-refractivity contribution in [3.63, 3.8) is 0 Å². The number of carbonyl (C=O) groups excluding carboxylic acids is 2.